The lowest BCUT2D eigenvalue weighted by Crippen LogP contribution is -2.43. The molecular formula is C22H28N2O3. The maximum Gasteiger partial charge on any atom is 0.251 e. The highest BCUT2D eigenvalue weighted by molar-refractivity contribution is 5.94. The molecule has 0 saturated carbocycles. The van der Waals surface area contributed by atoms with Gasteiger partial charge in [0.25, 0.3) is 5.91 Å². The summed E-state index contributed by atoms with van der Waals surface area (Å²) in [6.45, 7) is 8.00. The molecule has 0 aliphatic carbocycles. The van der Waals surface area contributed by atoms with Crippen molar-refractivity contribution in [3.63, 3.8) is 0 Å². The van der Waals surface area contributed by atoms with Gasteiger partial charge in [-0.15, -0.1) is 0 Å². The van der Waals surface area contributed by atoms with E-state index in [9.17, 15) is 4.79 Å². The second kappa shape index (κ2) is 9.53. The predicted octanol–water partition coefficient (Wildman–Crippen LogP) is 3.28. The van der Waals surface area contributed by atoms with Crippen LogP contribution in [0.2, 0.25) is 0 Å². The van der Waals surface area contributed by atoms with Gasteiger partial charge in [-0.2, -0.15) is 0 Å². The first kappa shape index (κ1) is 19.4. The zero-order valence-electron chi connectivity index (χ0n) is 16.1. The van der Waals surface area contributed by atoms with Gasteiger partial charge in [-0.3, -0.25) is 9.69 Å². The summed E-state index contributed by atoms with van der Waals surface area (Å²) < 4.78 is 11.1. The number of nitrogens with zero attached hydrogens (tertiary/aromatic N) is 1. The van der Waals surface area contributed by atoms with Crippen LogP contribution in [0, 0.1) is 0 Å². The molecule has 2 aromatic carbocycles. The normalized spacial score (nSPS) is 16.1. The first-order valence-corrected chi connectivity index (χ1v) is 9.54. The van der Waals surface area contributed by atoms with Crippen molar-refractivity contribution < 1.29 is 14.3 Å². The Hall–Kier alpha value is -2.37. The standard InChI is InChI=1S/C22H28N2O3/c1-17(2)27-20-10-8-19(9-11-20)22(25)23-21(18-6-4-3-5-7-18)16-24-12-14-26-15-13-24/h3-11,17,21H,12-16H2,1-2H3,(H,23,25). The van der Waals surface area contributed by atoms with Crippen LogP contribution in [-0.4, -0.2) is 49.8 Å². The lowest BCUT2D eigenvalue weighted by Gasteiger charge is -2.31. The molecule has 0 spiro atoms. The molecule has 1 atom stereocenters. The molecule has 2 aromatic rings. The van der Waals surface area contributed by atoms with Crippen LogP contribution in [-0.2, 0) is 4.74 Å². The summed E-state index contributed by atoms with van der Waals surface area (Å²) in [5.41, 5.74) is 1.74. The molecule has 144 valence electrons. The minimum absolute atomic E-state index is 0.0663. The average Bonchev–Trinajstić information content (AvgIpc) is 2.69. The topological polar surface area (TPSA) is 50.8 Å². The van der Waals surface area contributed by atoms with Crippen LogP contribution < -0.4 is 10.1 Å². The Morgan fingerprint density at radius 1 is 1.07 bits per heavy atom. The summed E-state index contributed by atoms with van der Waals surface area (Å²) >= 11 is 0. The van der Waals surface area contributed by atoms with Crippen LogP contribution in [0.3, 0.4) is 0 Å². The fourth-order valence-corrected chi connectivity index (χ4v) is 3.16. The molecule has 27 heavy (non-hydrogen) atoms. The first-order chi connectivity index (χ1) is 13.1. The Morgan fingerprint density at radius 3 is 2.37 bits per heavy atom. The zero-order valence-corrected chi connectivity index (χ0v) is 16.1. The number of hydrogen-bond donors (Lipinski definition) is 1. The van der Waals surface area contributed by atoms with Crippen molar-refractivity contribution in [1.82, 2.24) is 10.2 Å². The molecule has 1 fully saturated rings. The van der Waals surface area contributed by atoms with Crippen molar-refractivity contribution in [3.05, 3.63) is 65.7 Å². The van der Waals surface area contributed by atoms with Crippen LogP contribution >= 0.6 is 0 Å². The highest BCUT2D eigenvalue weighted by atomic mass is 16.5. The van der Waals surface area contributed by atoms with Crippen molar-refractivity contribution in [2.75, 3.05) is 32.8 Å². The summed E-state index contributed by atoms with van der Waals surface area (Å²) in [5, 5.41) is 3.19. The van der Waals surface area contributed by atoms with Crippen LogP contribution in [0.1, 0.15) is 35.8 Å². The van der Waals surface area contributed by atoms with Gasteiger partial charge < -0.3 is 14.8 Å². The number of hydrogen-bond acceptors (Lipinski definition) is 4. The zero-order chi connectivity index (χ0) is 19.1. The quantitative estimate of drug-likeness (QED) is 0.815. The molecule has 1 N–H and O–H groups in total. The van der Waals surface area contributed by atoms with Gasteiger partial charge in [-0.1, -0.05) is 30.3 Å². The summed E-state index contributed by atoms with van der Waals surface area (Å²) in [6, 6.07) is 17.4. The number of carbonyl (C=O) groups is 1. The lowest BCUT2D eigenvalue weighted by molar-refractivity contribution is 0.0332. The second-order valence-electron chi connectivity index (χ2n) is 7.04. The van der Waals surface area contributed by atoms with E-state index < -0.39 is 0 Å². The van der Waals surface area contributed by atoms with Crippen LogP contribution in [0.4, 0.5) is 0 Å². The summed E-state index contributed by atoms with van der Waals surface area (Å²) in [7, 11) is 0. The summed E-state index contributed by atoms with van der Waals surface area (Å²) in [5.74, 6) is 0.697. The summed E-state index contributed by atoms with van der Waals surface area (Å²) in [4.78, 5) is 15.1. The Bertz CT molecular complexity index is 710. The molecule has 3 rings (SSSR count). The fourth-order valence-electron chi connectivity index (χ4n) is 3.16. The number of ether oxygens (including phenoxy) is 2. The third-order valence-corrected chi connectivity index (χ3v) is 4.54. The van der Waals surface area contributed by atoms with Gasteiger partial charge in [0.05, 0.1) is 25.4 Å². The molecular weight excluding hydrogens is 340 g/mol. The maximum absolute atomic E-state index is 12.8. The molecule has 0 radical (unpaired) electrons. The number of carbonyl (C=O) groups excluding carboxylic acids is 1. The molecule has 1 aliphatic rings. The van der Waals surface area contributed by atoms with Crippen molar-refractivity contribution in [1.29, 1.82) is 0 Å². The number of benzene rings is 2. The molecule has 1 heterocycles. The molecule has 1 unspecified atom stereocenters. The molecule has 1 aliphatic heterocycles. The Labute approximate surface area is 161 Å². The lowest BCUT2D eigenvalue weighted by atomic mass is 10.1. The van der Waals surface area contributed by atoms with Crippen LogP contribution in [0.15, 0.2) is 54.6 Å². The van der Waals surface area contributed by atoms with Gasteiger partial charge in [0.15, 0.2) is 0 Å². The van der Waals surface area contributed by atoms with Gasteiger partial charge in [-0.25, -0.2) is 0 Å². The van der Waals surface area contributed by atoms with Gasteiger partial charge in [-0.05, 0) is 43.7 Å². The van der Waals surface area contributed by atoms with Gasteiger partial charge in [0.2, 0.25) is 0 Å². The number of morpholine rings is 1. The Morgan fingerprint density at radius 2 is 1.74 bits per heavy atom. The van der Waals surface area contributed by atoms with Gasteiger partial charge in [0, 0.05) is 25.2 Å². The van der Waals surface area contributed by atoms with E-state index in [1.165, 1.54) is 0 Å². The Kier molecular flexibility index (Phi) is 6.85. The first-order valence-electron chi connectivity index (χ1n) is 9.54. The highest BCUT2D eigenvalue weighted by Crippen LogP contribution is 2.18. The number of nitrogens with one attached hydrogen (secondary N) is 1. The molecule has 5 nitrogen and oxygen atoms in total. The van der Waals surface area contributed by atoms with Gasteiger partial charge >= 0.3 is 0 Å². The van der Waals surface area contributed by atoms with E-state index >= 15 is 0 Å². The number of rotatable bonds is 7. The molecule has 1 saturated heterocycles. The molecule has 0 bridgehead atoms. The monoisotopic (exact) mass is 368 g/mol. The third-order valence-electron chi connectivity index (χ3n) is 4.54. The van der Waals surface area contributed by atoms with E-state index in [0.29, 0.717) is 5.56 Å². The van der Waals surface area contributed by atoms with Crippen molar-refractivity contribution in [2.45, 2.75) is 26.0 Å². The van der Waals surface area contributed by atoms with Crippen molar-refractivity contribution in [3.8, 4) is 5.75 Å². The smallest absolute Gasteiger partial charge is 0.251 e. The van der Waals surface area contributed by atoms with E-state index in [1.54, 1.807) is 0 Å². The maximum atomic E-state index is 12.8. The second-order valence-corrected chi connectivity index (χ2v) is 7.04. The highest BCUT2D eigenvalue weighted by Gasteiger charge is 2.20. The van der Waals surface area contributed by atoms with E-state index in [1.807, 2.05) is 56.3 Å². The predicted molar refractivity (Wildman–Crippen MR) is 106 cm³/mol. The molecule has 5 heteroatoms. The third kappa shape index (κ3) is 5.81. The largest absolute Gasteiger partial charge is 0.491 e. The van der Waals surface area contributed by atoms with Gasteiger partial charge in [0.1, 0.15) is 5.75 Å². The van der Waals surface area contributed by atoms with E-state index in [2.05, 4.69) is 22.3 Å². The average molecular weight is 368 g/mol. The van der Waals surface area contributed by atoms with Crippen molar-refractivity contribution >= 4 is 5.91 Å². The summed E-state index contributed by atoms with van der Waals surface area (Å²) in [6.07, 6.45) is 0.112. The molecule has 0 aromatic heterocycles. The van der Waals surface area contributed by atoms with E-state index in [4.69, 9.17) is 9.47 Å². The molecule has 1 amide bonds. The Balaban J connectivity index is 1.69. The number of amides is 1. The van der Waals surface area contributed by atoms with E-state index in [0.717, 1.165) is 44.2 Å². The van der Waals surface area contributed by atoms with Crippen molar-refractivity contribution in [2.24, 2.45) is 0 Å². The minimum Gasteiger partial charge on any atom is -0.491 e. The SMILES string of the molecule is CC(C)Oc1ccc(C(=O)NC(CN2CCOCC2)c2ccccc2)cc1. The van der Waals surface area contributed by atoms with Crippen LogP contribution in [0.5, 0.6) is 5.75 Å². The fraction of sp³-hybridized carbons (Fsp3) is 0.409. The minimum atomic E-state index is -0.0757. The van der Waals surface area contributed by atoms with Crippen LogP contribution in [0.25, 0.3) is 0 Å². The van der Waals surface area contributed by atoms with E-state index in [-0.39, 0.29) is 18.1 Å².